The van der Waals surface area contributed by atoms with Crippen LogP contribution in [0.25, 0.3) is 0 Å². The van der Waals surface area contributed by atoms with Gasteiger partial charge in [-0.3, -0.25) is 0 Å². The van der Waals surface area contributed by atoms with Crippen molar-refractivity contribution in [2.45, 2.75) is 31.1 Å². The number of ether oxygens (including phenoxy) is 1. The number of carbonyl (C=O) groups is 1. The van der Waals surface area contributed by atoms with Crippen molar-refractivity contribution >= 4 is 39.2 Å². The standard InChI is InChI=1S/C24H20Cl2F3NO4S/c1-2-34-23(31)17-8-6-16(7-9-17)14-30(15-18-10-11-20(25)13-22(18)26)35(32,33)21-5-3-4-19(12-21)24(27,28)29/h3-13H,2,14-15H2,1H3. The first kappa shape index (κ1) is 27.0. The number of hydrogen-bond acceptors (Lipinski definition) is 4. The number of alkyl halides is 3. The van der Waals surface area contributed by atoms with Crippen LogP contribution in [-0.2, 0) is 34.0 Å². The number of benzene rings is 3. The van der Waals surface area contributed by atoms with Crippen molar-refractivity contribution in [1.82, 2.24) is 4.31 Å². The van der Waals surface area contributed by atoms with Crippen LogP contribution in [0.15, 0.2) is 71.6 Å². The molecule has 0 bridgehead atoms. The van der Waals surface area contributed by atoms with Crippen molar-refractivity contribution in [3.05, 3.63) is 99.0 Å². The van der Waals surface area contributed by atoms with E-state index in [1.54, 1.807) is 25.1 Å². The maximum Gasteiger partial charge on any atom is 0.416 e. The van der Waals surface area contributed by atoms with Gasteiger partial charge >= 0.3 is 12.1 Å². The summed E-state index contributed by atoms with van der Waals surface area (Å²) in [6.07, 6.45) is -4.71. The van der Waals surface area contributed by atoms with Gasteiger partial charge < -0.3 is 4.74 Å². The van der Waals surface area contributed by atoms with Gasteiger partial charge in [-0.25, -0.2) is 13.2 Å². The molecule has 0 unspecified atom stereocenters. The summed E-state index contributed by atoms with van der Waals surface area (Å²) in [5, 5.41) is 0.556. The molecular weight excluding hydrogens is 526 g/mol. The summed E-state index contributed by atoms with van der Waals surface area (Å²) in [6, 6.07) is 14.1. The van der Waals surface area contributed by atoms with Gasteiger partial charge in [0.1, 0.15) is 0 Å². The fourth-order valence-corrected chi connectivity index (χ4v) is 5.13. The van der Waals surface area contributed by atoms with Gasteiger partial charge in [0.15, 0.2) is 0 Å². The van der Waals surface area contributed by atoms with Crippen molar-refractivity contribution in [2.75, 3.05) is 6.61 Å². The largest absolute Gasteiger partial charge is 0.462 e. The Kier molecular flexibility index (Phi) is 8.48. The highest BCUT2D eigenvalue weighted by molar-refractivity contribution is 7.89. The van der Waals surface area contributed by atoms with E-state index in [0.717, 1.165) is 22.5 Å². The van der Waals surface area contributed by atoms with Crippen LogP contribution in [0.2, 0.25) is 10.0 Å². The Morgan fingerprint density at radius 3 is 2.26 bits per heavy atom. The third-order valence-corrected chi connectivity index (χ3v) is 7.36. The van der Waals surface area contributed by atoms with Gasteiger partial charge in [-0.15, -0.1) is 0 Å². The van der Waals surface area contributed by atoms with Crippen LogP contribution >= 0.6 is 23.2 Å². The van der Waals surface area contributed by atoms with E-state index >= 15 is 0 Å². The summed E-state index contributed by atoms with van der Waals surface area (Å²) in [7, 11) is -4.39. The molecule has 0 atom stereocenters. The summed E-state index contributed by atoms with van der Waals surface area (Å²) < 4.78 is 72.6. The van der Waals surface area contributed by atoms with Crippen molar-refractivity contribution in [2.24, 2.45) is 0 Å². The fourth-order valence-electron chi connectivity index (χ4n) is 3.21. The number of halogens is 5. The topological polar surface area (TPSA) is 63.7 Å². The first-order valence-electron chi connectivity index (χ1n) is 10.3. The molecule has 5 nitrogen and oxygen atoms in total. The lowest BCUT2D eigenvalue weighted by atomic mass is 10.1. The van der Waals surface area contributed by atoms with E-state index in [2.05, 4.69) is 0 Å². The molecule has 3 aromatic rings. The number of sulfonamides is 1. The molecule has 0 aliphatic heterocycles. The summed E-state index contributed by atoms with van der Waals surface area (Å²) in [6.45, 7) is 1.45. The maximum atomic E-state index is 13.5. The Labute approximate surface area is 211 Å². The predicted octanol–water partition coefficient (Wildman–Crippen LogP) is 6.58. The van der Waals surface area contributed by atoms with E-state index in [4.69, 9.17) is 27.9 Å². The minimum absolute atomic E-state index is 0.194. The van der Waals surface area contributed by atoms with E-state index in [9.17, 15) is 26.4 Å². The lowest BCUT2D eigenvalue weighted by Crippen LogP contribution is -2.30. The quantitative estimate of drug-likeness (QED) is 0.300. The third-order valence-electron chi connectivity index (χ3n) is 4.98. The van der Waals surface area contributed by atoms with E-state index in [-0.39, 0.29) is 30.3 Å². The molecular formula is C24H20Cl2F3NO4S. The molecule has 0 saturated heterocycles. The van der Waals surface area contributed by atoms with Gasteiger partial charge in [-0.1, -0.05) is 47.5 Å². The molecule has 35 heavy (non-hydrogen) atoms. The molecule has 0 saturated carbocycles. The van der Waals surface area contributed by atoms with Gasteiger partial charge in [0.2, 0.25) is 10.0 Å². The van der Waals surface area contributed by atoms with Gasteiger partial charge in [0, 0.05) is 23.1 Å². The molecule has 3 rings (SSSR count). The highest BCUT2D eigenvalue weighted by atomic mass is 35.5. The van der Waals surface area contributed by atoms with E-state index in [0.29, 0.717) is 22.2 Å². The SMILES string of the molecule is CCOC(=O)c1ccc(CN(Cc2ccc(Cl)cc2Cl)S(=O)(=O)c2cccc(C(F)(F)F)c2)cc1. The zero-order valence-corrected chi connectivity index (χ0v) is 20.7. The molecule has 0 fully saturated rings. The van der Waals surface area contributed by atoms with Crippen molar-refractivity contribution in [3.63, 3.8) is 0 Å². The van der Waals surface area contributed by atoms with Gasteiger partial charge in [0.05, 0.1) is 22.6 Å². The summed E-state index contributed by atoms with van der Waals surface area (Å²) in [4.78, 5) is 11.4. The zero-order valence-electron chi connectivity index (χ0n) is 18.4. The molecule has 3 aromatic carbocycles. The number of carbonyl (C=O) groups excluding carboxylic acids is 1. The average Bonchev–Trinajstić information content (AvgIpc) is 2.80. The molecule has 11 heteroatoms. The second kappa shape index (κ2) is 11.0. The molecule has 0 heterocycles. The Bertz CT molecular complexity index is 1310. The Morgan fingerprint density at radius 2 is 1.66 bits per heavy atom. The molecule has 0 aliphatic rings. The van der Waals surface area contributed by atoms with E-state index in [1.807, 2.05) is 0 Å². The van der Waals surface area contributed by atoms with Crippen molar-refractivity contribution < 1.29 is 31.1 Å². The van der Waals surface area contributed by atoms with Crippen LogP contribution in [0.1, 0.15) is 34.0 Å². The molecule has 0 spiro atoms. The lowest BCUT2D eigenvalue weighted by molar-refractivity contribution is -0.137. The monoisotopic (exact) mass is 545 g/mol. The van der Waals surface area contributed by atoms with Crippen LogP contribution in [0.4, 0.5) is 13.2 Å². The van der Waals surface area contributed by atoms with Gasteiger partial charge in [-0.05, 0) is 60.5 Å². The third kappa shape index (κ3) is 6.76. The minimum Gasteiger partial charge on any atom is -0.462 e. The van der Waals surface area contributed by atoms with E-state index in [1.165, 1.54) is 24.3 Å². The zero-order chi connectivity index (χ0) is 25.8. The first-order valence-corrected chi connectivity index (χ1v) is 12.5. The highest BCUT2D eigenvalue weighted by Crippen LogP contribution is 2.32. The van der Waals surface area contributed by atoms with Gasteiger partial charge in [-0.2, -0.15) is 17.5 Å². The normalized spacial score (nSPS) is 12.1. The Hall–Kier alpha value is -2.59. The van der Waals surface area contributed by atoms with Crippen molar-refractivity contribution in [3.8, 4) is 0 Å². The summed E-state index contributed by atoms with van der Waals surface area (Å²) in [5.41, 5.74) is 0.110. The fraction of sp³-hybridized carbons (Fsp3) is 0.208. The Morgan fingerprint density at radius 1 is 0.971 bits per heavy atom. The molecule has 0 amide bonds. The average molecular weight is 546 g/mol. The number of nitrogens with zero attached hydrogens (tertiary/aromatic N) is 1. The number of hydrogen-bond donors (Lipinski definition) is 0. The summed E-state index contributed by atoms with van der Waals surface area (Å²) in [5.74, 6) is -0.527. The smallest absolute Gasteiger partial charge is 0.416 e. The molecule has 0 aromatic heterocycles. The van der Waals surface area contributed by atoms with Crippen LogP contribution in [-0.4, -0.2) is 25.3 Å². The van der Waals surface area contributed by atoms with Gasteiger partial charge in [0.25, 0.3) is 0 Å². The summed E-state index contributed by atoms with van der Waals surface area (Å²) >= 11 is 12.2. The highest BCUT2D eigenvalue weighted by Gasteiger charge is 2.33. The molecule has 0 N–H and O–H groups in total. The number of rotatable bonds is 8. The lowest BCUT2D eigenvalue weighted by Gasteiger charge is -2.24. The Balaban J connectivity index is 2.00. The molecule has 186 valence electrons. The second-order valence-corrected chi connectivity index (χ2v) is 10.2. The molecule has 0 radical (unpaired) electrons. The second-order valence-electron chi connectivity index (χ2n) is 7.45. The van der Waals surface area contributed by atoms with Crippen molar-refractivity contribution in [1.29, 1.82) is 0 Å². The molecule has 0 aliphatic carbocycles. The minimum atomic E-state index is -4.71. The van der Waals surface area contributed by atoms with E-state index < -0.39 is 32.6 Å². The van der Waals surface area contributed by atoms with Crippen LogP contribution in [0.5, 0.6) is 0 Å². The maximum absolute atomic E-state index is 13.5. The first-order chi connectivity index (χ1) is 16.4. The van der Waals surface area contributed by atoms with Crippen LogP contribution < -0.4 is 0 Å². The number of esters is 1. The predicted molar refractivity (Wildman–Crippen MR) is 127 cm³/mol. The van der Waals surface area contributed by atoms with Crippen LogP contribution in [0.3, 0.4) is 0 Å². The van der Waals surface area contributed by atoms with Crippen LogP contribution in [0, 0.1) is 0 Å².